The average Bonchev–Trinajstić information content (AvgIpc) is 3.45. The summed E-state index contributed by atoms with van der Waals surface area (Å²) in [6.45, 7) is 6.49. The first-order chi connectivity index (χ1) is 39.0. The summed E-state index contributed by atoms with van der Waals surface area (Å²) in [5, 5.41) is 0. The summed E-state index contributed by atoms with van der Waals surface area (Å²) in [6.07, 6.45) is 89.1. The minimum Gasteiger partial charge on any atom is -0.462 e. The van der Waals surface area contributed by atoms with Crippen molar-refractivity contribution in [3.05, 3.63) is 85.1 Å². The molecule has 456 valence electrons. The number of carbonyl (C=O) groups excluding carboxylic acids is 3. The van der Waals surface area contributed by atoms with Crippen LogP contribution in [0.2, 0.25) is 0 Å². The molecule has 0 spiro atoms. The van der Waals surface area contributed by atoms with Crippen molar-refractivity contribution in [1.82, 2.24) is 0 Å². The van der Waals surface area contributed by atoms with Crippen molar-refractivity contribution in [2.45, 2.75) is 348 Å². The highest BCUT2D eigenvalue weighted by Gasteiger charge is 2.19. The maximum atomic E-state index is 12.9. The Kier molecular flexibility index (Phi) is 64.2. The normalized spacial score (nSPS) is 12.6. The smallest absolute Gasteiger partial charge is 0.306 e. The fraction of sp³-hybridized carbons (Fsp3) is 0.767. The van der Waals surface area contributed by atoms with Gasteiger partial charge in [0.05, 0.1) is 0 Å². The maximum absolute atomic E-state index is 12.9. The minimum atomic E-state index is -0.807. The van der Waals surface area contributed by atoms with E-state index in [1.807, 2.05) is 6.08 Å². The summed E-state index contributed by atoms with van der Waals surface area (Å²) in [7, 11) is 0. The lowest BCUT2D eigenvalue weighted by atomic mass is 10.0. The predicted molar refractivity (Wildman–Crippen MR) is 344 cm³/mol. The Balaban J connectivity index is 4.31. The topological polar surface area (TPSA) is 78.9 Å². The SMILES string of the molecule is CC/C=C\C/C=C\C/C=C\C/C=C\CCC(=O)OCC(COC(=O)CCCCCCCCCCCCCCC/C=C\C/C=C\CCCCCCC)OC(=O)CCCCCCCCCCCCC/C=C\CCCCCCCCCC. The van der Waals surface area contributed by atoms with Crippen molar-refractivity contribution in [1.29, 1.82) is 0 Å². The third-order valence-corrected chi connectivity index (χ3v) is 14.9. The average molecular weight is 1100 g/mol. The van der Waals surface area contributed by atoms with Gasteiger partial charge < -0.3 is 14.2 Å². The second kappa shape index (κ2) is 67.1. The number of esters is 3. The summed E-state index contributed by atoms with van der Waals surface area (Å²) < 4.78 is 16.9. The van der Waals surface area contributed by atoms with E-state index in [2.05, 4.69) is 99.8 Å². The van der Waals surface area contributed by atoms with Gasteiger partial charge >= 0.3 is 17.9 Å². The quantitative estimate of drug-likeness (QED) is 0.0261. The highest BCUT2D eigenvalue weighted by Crippen LogP contribution is 2.17. The van der Waals surface area contributed by atoms with Gasteiger partial charge in [-0.1, -0.05) is 305 Å². The molecule has 0 aliphatic rings. The number of unbranched alkanes of at least 4 members (excludes halogenated alkanes) is 37. The van der Waals surface area contributed by atoms with Crippen molar-refractivity contribution in [3.63, 3.8) is 0 Å². The highest BCUT2D eigenvalue weighted by molar-refractivity contribution is 5.71. The first-order valence-electron chi connectivity index (χ1n) is 34.1. The summed E-state index contributed by atoms with van der Waals surface area (Å²) in [5.41, 5.74) is 0. The van der Waals surface area contributed by atoms with Crippen molar-refractivity contribution in [2.75, 3.05) is 13.2 Å². The summed E-state index contributed by atoms with van der Waals surface area (Å²) in [4.78, 5) is 38.3. The molecular formula is C73H128O6. The molecule has 0 radical (unpaired) electrons. The molecule has 0 aromatic rings. The van der Waals surface area contributed by atoms with Gasteiger partial charge in [0.25, 0.3) is 0 Å². The van der Waals surface area contributed by atoms with Gasteiger partial charge in [-0.05, 0) is 103 Å². The van der Waals surface area contributed by atoms with Crippen LogP contribution in [0.15, 0.2) is 85.1 Å². The predicted octanol–water partition coefficient (Wildman–Crippen LogP) is 23.4. The fourth-order valence-electron chi connectivity index (χ4n) is 9.78. The Hall–Kier alpha value is -3.41. The van der Waals surface area contributed by atoms with Gasteiger partial charge in [-0.15, -0.1) is 0 Å². The Labute approximate surface area is 490 Å². The molecule has 0 aliphatic carbocycles. The summed E-state index contributed by atoms with van der Waals surface area (Å²) in [5.74, 6) is -0.969. The van der Waals surface area contributed by atoms with Gasteiger partial charge in [0.15, 0.2) is 6.10 Å². The molecule has 0 saturated carbocycles. The zero-order chi connectivity index (χ0) is 57.1. The molecule has 0 aromatic carbocycles. The molecule has 0 saturated heterocycles. The molecule has 0 N–H and O–H groups in total. The van der Waals surface area contributed by atoms with E-state index in [-0.39, 0.29) is 37.5 Å². The molecule has 0 aromatic heterocycles. The Morgan fingerprint density at radius 3 is 0.861 bits per heavy atom. The van der Waals surface area contributed by atoms with E-state index in [9.17, 15) is 14.4 Å². The van der Waals surface area contributed by atoms with Crippen LogP contribution in [0.5, 0.6) is 0 Å². The second-order valence-corrected chi connectivity index (χ2v) is 22.7. The summed E-state index contributed by atoms with van der Waals surface area (Å²) >= 11 is 0. The molecule has 79 heavy (non-hydrogen) atoms. The van der Waals surface area contributed by atoms with Gasteiger partial charge in [-0.2, -0.15) is 0 Å². The van der Waals surface area contributed by atoms with Gasteiger partial charge in [0.2, 0.25) is 0 Å². The first-order valence-corrected chi connectivity index (χ1v) is 34.1. The molecule has 6 nitrogen and oxygen atoms in total. The van der Waals surface area contributed by atoms with Crippen LogP contribution in [0.4, 0.5) is 0 Å². The van der Waals surface area contributed by atoms with Crippen molar-refractivity contribution in [3.8, 4) is 0 Å². The van der Waals surface area contributed by atoms with Gasteiger partial charge in [-0.3, -0.25) is 14.4 Å². The monoisotopic (exact) mass is 1100 g/mol. The second-order valence-electron chi connectivity index (χ2n) is 22.7. The largest absolute Gasteiger partial charge is 0.462 e. The number of hydrogen-bond donors (Lipinski definition) is 0. The van der Waals surface area contributed by atoms with Crippen LogP contribution in [0.1, 0.15) is 342 Å². The third-order valence-electron chi connectivity index (χ3n) is 14.9. The number of hydrogen-bond acceptors (Lipinski definition) is 6. The molecule has 0 heterocycles. The lowest BCUT2D eigenvalue weighted by molar-refractivity contribution is -0.166. The van der Waals surface area contributed by atoms with Crippen LogP contribution in [-0.4, -0.2) is 37.2 Å². The summed E-state index contributed by atoms with van der Waals surface area (Å²) in [6, 6.07) is 0. The van der Waals surface area contributed by atoms with Gasteiger partial charge in [0.1, 0.15) is 13.2 Å². The Bertz CT molecular complexity index is 1500. The zero-order valence-corrected chi connectivity index (χ0v) is 52.4. The lowest BCUT2D eigenvalue weighted by Gasteiger charge is -2.18. The fourth-order valence-corrected chi connectivity index (χ4v) is 9.78. The maximum Gasteiger partial charge on any atom is 0.306 e. The highest BCUT2D eigenvalue weighted by atomic mass is 16.6. The molecule has 0 aliphatic heterocycles. The van der Waals surface area contributed by atoms with Crippen LogP contribution in [0.3, 0.4) is 0 Å². The van der Waals surface area contributed by atoms with Crippen molar-refractivity contribution in [2.24, 2.45) is 0 Å². The van der Waals surface area contributed by atoms with E-state index >= 15 is 0 Å². The van der Waals surface area contributed by atoms with Gasteiger partial charge in [-0.25, -0.2) is 0 Å². The number of ether oxygens (including phenoxy) is 3. The number of carbonyl (C=O) groups is 3. The van der Waals surface area contributed by atoms with E-state index in [0.717, 1.165) is 70.6 Å². The zero-order valence-electron chi connectivity index (χ0n) is 52.4. The Morgan fingerprint density at radius 2 is 0.519 bits per heavy atom. The van der Waals surface area contributed by atoms with Crippen LogP contribution in [-0.2, 0) is 28.6 Å². The van der Waals surface area contributed by atoms with E-state index in [1.54, 1.807) is 0 Å². The number of allylic oxidation sites excluding steroid dienone is 14. The standard InChI is InChI=1S/C73H128O6/c1-4-7-10-13-16-19-22-25-27-29-31-33-35-36-38-39-41-43-45-48-51-54-57-60-63-66-72(75)78-69-70(68-77-71(74)65-62-59-56-53-50-47-24-21-18-15-12-9-6-3)79-73(76)67-64-61-58-55-52-49-46-44-42-40-37-34-32-30-28-26-23-20-17-14-11-8-5-2/h9,12,18,21-22,25,29-32,47,50,56,59,70H,4-8,10-11,13-17,19-20,23-24,26-28,33-46,48-49,51-55,57-58,60-69H2,1-3H3/b12-9-,21-18-,25-22-,31-29-,32-30-,50-47-,59-56-. The van der Waals surface area contributed by atoms with Crippen LogP contribution in [0.25, 0.3) is 0 Å². The molecule has 1 unspecified atom stereocenters. The Morgan fingerprint density at radius 1 is 0.266 bits per heavy atom. The van der Waals surface area contributed by atoms with E-state index in [4.69, 9.17) is 14.2 Å². The molecule has 1 atom stereocenters. The minimum absolute atomic E-state index is 0.0973. The molecule has 0 amide bonds. The van der Waals surface area contributed by atoms with E-state index in [0.29, 0.717) is 19.3 Å². The van der Waals surface area contributed by atoms with Crippen LogP contribution in [0, 0.1) is 0 Å². The van der Waals surface area contributed by atoms with Gasteiger partial charge in [0, 0.05) is 19.3 Å². The molecule has 0 rings (SSSR count). The van der Waals surface area contributed by atoms with Crippen LogP contribution >= 0.6 is 0 Å². The van der Waals surface area contributed by atoms with Crippen molar-refractivity contribution < 1.29 is 28.6 Å². The van der Waals surface area contributed by atoms with E-state index in [1.165, 1.54) is 225 Å². The first kappa shape index (κ1) is 75.6. The van der Waals surface area contributed by atoms with E-state index < -0.39 is 6.10 Å². The molecule has 0 fully saturated rings. The molecule has 6 heteroatoms. The third kappa shape index (κ3) is 65.3. The lowest BCUT2D eigenvalue weighted by Crippen LogP contribution is -2.30. The van der Waals surface area contributed by atoms with Crippen LogP contribution < -0.4 is 0 Å². The molecule has 0 bridgehead atoms. The molecular weight excluding hydrogens is 973 g/mol. The van der Waals surface area contributed by atoms with Crippen molar-refractivity contribution >= 4 is 17.9 Å². The number of rotatable bonds is 62.